The number of nitrogens with one attached hydrogen (secondary N) is 7. The van der Waals surface area contributed by atoms with Gasteiger partial charge in [0.25, 0.3) is 0 Å². The number of carbonyl (C=O) groups excluding carboxylic acids is 3. The molecule has 0 aliphatic carbocycles. The first-order valence-electron chi connectivity index (χ1n) is 22.0. The maximum atomic E-state index is 15.2. The zero-order valence-electron chi connectivity index (χ0n) is 38.9. The van der Waals surface area contributed by atoms with E-state index in [9.17, 15) is 40.0 Å². The van der Waals surface area contributed by atoms with Crippen molar-refractivity contribution in [2.24, 2.45) is 0 Å². The van der Waals surface area contributed by atoms with E-state index in [4.69, 9.17) is 16.6 Å². The molecule has 73 heavy (non-hydrogen) atoms. The molecule has 23 heteroatoms. The third-order valence-electron chi connectivity index (χ3n) is 11.1. The third kappa shape index (κ3) is 11.3. The number of hydrogen-bond donors (Lipinski definition) is 8. The third-order valence-corrected chi connectivity index (χ3v) is 14.0. The number of fused-ring (bicyclic) bond motifs is 2. The van der Waals surface area contributed by atoms with Gasteiger partial charge in [0.15, 0.2) is 11.6 Å². The topological polar surface area (TPSA) is 287 Å². The fourth-order valence-corrected chi connectivity index (χ4v) is 9.93. The SMILES string of the molecule is CCCS(=O)(=O)Nc1ccc(F)c(C(=O)c2c[nH]c3ncc(-c4ccc(N)c(C=N)c4)cc23)c1F.CCCS(=O)(=O)Nc1ccc(F)c(C(=O)c2c[nH]c3ncc(-c4ccc(NC(C)=O)c(C=N)c4)cc23)c1F. The number of nitrogens with two attached hydrogens (primary N) is 1. The van der Waals surface area contributed by atoms with Crippen LogP contribution in [0.4, 0.5) is 40.3 Å². The number of amides is 1. The standard InChI is InChI=1S/C26H23F2N5O4S.C24H21F2N5O3S/c1-3-8-38(36,37)33-22-7-5-20(27)23(24(22)28)25(35)19-13-31-26-18(19)10-17(12-30-26)15-4-6-21(32-14(2)34)16(9-15)11-29;1-2-7-35(33,34)31-20-6-4-18(25)21(22(20)26)23(32)17-12-30-24-16(17)9-15(11-29-24)13-3-5-19(28)14(8-13)10-27/h4-7,9-13,29,33H,3,8H2,1-2H3,(H,30,31)(H,32,34);3-6,8-12,27,31H,2,7,28H2,1H3,(H,29,30). The van der Waals surface area contributed by atoms with Gasteiger partial charge < -0.3 is 31.8 Å². The number of nitrogens with zero attached hydrogens (tertiary/aromatic N) is 2. The number of rotatable bonds is 17. The smallest absolute Gasteiger partial charge is 0.232 e. The zero-order valence-corrected chi connectivity index (χ0v) is 40.5. The Hall–Kier alpha value is -8.57. The summed E-state index contributed by atoms with van der Waals surface area (Å²) in [6.07, 6.45) is 8.43. The Balaban J connectivity index is 0.000000214. The fraction of sp³-hybridized carbons (Fsp3) is 0.140. The van der Waals surface area contributed by atoms with Crippen LogP contribution in [-0.2, 0) is 24.8 Å². The van der Waals surface area contributed by atoms with Crippen LogP contribution in [0.25, 0.3) is 44.3 Å². The van der Waals surface area contributed by atoms with Gasteiger partial charge in [0.05, 0.1) is 34.0 Å². The van der Waals surface area contributed by atoms with Crippen LogP contribution in [0.5, 0.6) is 0 Å². The molecule has 0 fully saturated rings. The zero-order chi connectivity index (χ0) is 52.9. The quantitative estimate of drug-likeness (QED) is 0.0185. The Morgan fingerprint density at radius 2 is 1.04 bits per heavy atom. The number of pyridine rings is 2. The van der Waals surface area contributed by atoms with E-state index in [1.54, 1.807) is 68.6 Å². The Kier molecular flexibility index (Phi) is 15.3. The molecule has 0 radical (unpaired) electrons. The summed E-state index contributed by atoms with van der Waals surface area (Å²) < 4.78 is 112. The van der Waals surface area contributed by atoms with E-state index in [0.29, 0.717) is 67.9 Å². The van der Waals surface area contributed by atoms with Gasteiger partial charge in [-0.15, -0.1) is 0 Å². The van der Waals surface area contributed by atoms with E-state index in [2.05, 4.69) is 34.7 Å². The van der Waals surface area contributed by atoms with Crippen molar-refractivity contribution >= 4 is 94.8 Å². The number of anilines is 4. The van der Waals surface area contributed by atoms with Crippen molar-refractivity contribution in [1.29, 1.82) is 10.8 Å². The molecule has 4 heterocycles. The molecule has 0 spiro atoms. The second kappa shape index (κ2) is 21.4. The Morgan fingerprint density at radius 1 is 0.616 bits per heavy atom. The van der Waals surface area contributed by atoms with Gasteiger partial charge in [-0.25, -0.2) is 44.4 Å². The Bertz CT molecular complexity index is 3770. The maximum absolute atomic E-state index is 15.2. The van der Waals surface area contributed by atoms with Gasteiger partial charge in [-0.1, -0.05) is 26.0 Å². The van der Waals surface area contributed by atoms with E-state index in [1.165, 1.54) is 25.5 Å². The van der Waals surface area contributed by atoms with E-state index >= 15 is 8.78 Å². The molecule has 8 rings (SSSR count). The van der Waals surface area contributed by atoms with Gasteiger partial charge in [-0.05, 0) is 84.6 Å². The normalized spacial score (nSPS) is 11.4. The van der Waals surface area contributed by atoms with Crippen LogP contribution in [0.2, 0.25) is 0 Å². The predicted molar refractivity (Wildman–Crippen MR) is 273 cm³/mol. The number of benzene rings is 4. The molecule has 0 aliphatic rings. The fourth-order valence-electron chi connectivity index (χ4n) is 7.67. The maximum Gasteiger partial charge on any atom is 0.232 e. The average molecular weight is 1040 g/mol. The molecule has 0 unspecified atom stereocenters. The highest BCUT2D eigenvalue weighted by Gasteiger charge is 2.28. The summed E-state index contributed by atoms with van der Waals surface area (Å²) in [6.45, 7) is 4.63. The molecule has 376 valence electrons. The number of ketones is 2. The average Bonchev–Trinajstić information content (AvgIpc) is 3.98. The number of carbonyl (C=O) groups is 3. The van der Waals surface area contributed by atoms with Crippen LogP contribution in [0.15, 0.2) is 97.6 Å². The summed E-state index contributed by atoms with van der Waals surface area (Å²) in [4.78, 5) is 52.2. The molecule has 17 nitrogen and oxygen atoms in total. The molecule has 0 bridgehead atoms. The van der Waals surface area contributed by atoms with Gasteiger partial charge in [-0.2, -0.15) is 0 Å². The molecular weight excluding hydrogens is 993 g/mol. The Labute approximate surface area is 414 Å². The van der Waals surface area contributed by atoms with E-state index in [0.717, 1.165) is 36.7 Å². The summed E-state index contributed by atoms with van der Waals surface area (Å²) in [6, 6.07) is 16.8. The van der Waals surface area contributed by atoms with Crippen molar-refractivity contribution < 1.29 is 48.8 Å². The monoisotopic (exact) mass is 1040 g/mol. The Morgan fingerprint density at radius 3 is 1.47 bits per heavy atom. The van der Waals surface area contributed by atoms with Crippen LogP contribution in [0, 0.1) is 34.1 Å². The minimum absolute atomic E-state index is 0.0385. The summed E-state index contributed by atoms with van der Waals surface area (Å²) in [5.41, 5.74) is 7.78. The van der Waals surface area contributed by atoms with Gasteiger partial charge >= 0.3 is 0 Å². The number of hydrogen-bond acceptors (Lipinski definition) is 12. The number of halogens is 4. The van der Waals surface area contributed by atoms with Crippen LogP contribution < -0.4 is 20.5 Å². The number of nitrogen functional groups attached to an aromatic ring is 1. The van der Waals surface area contributed by atoms with Gasteiger partial charge in [0.1, 0.15) is 22.9 Å². The lowest BCUT2D eigenvalue weighted by Crippen LogP contribution is -2.18. The first kappa shape index (κ1) is 52.3. The number of H-pyrrole nitrogens is 2. The molecule has 9 N–H and O–H groups in total. The molecule has 0 aliphatic heterocycles. The first-order valence-corrected chi connectivity index (χ1v) is 25.3. The second-order valence-electron chi connectivity index (χ2n) is 16.3. The second-order valence-corrected chi connectivity index (χ2v) is 20.0. The number of sulfonamides is 2. The highest BCUT2D eigenvalue weighted by molar-refractivity contribution is 7.92. The highest BCUT2D eigenvalue weighted by Crippen LogP contribution is 2.33. The summed E-state index contributed by atoms with van der Waals surface area (Å²) >= 11 is 0. The highest BCUT2D eigenvalue weighted by atomic mass is 32.2. The summed E-state index contributed by atoms with van der Waals surface area (Å²) in [5.74, 6) is -7.68. The molecule has 0 saturated carbocycles. The van der Waals surface area contributed by atoms with Crippen molar-refractivity contribution in [2.45, 2.75) is 33.6 Å². The lowest BCUT2D eigenvalue weighted by molar-refractivity contribution is -0.114. The van der Waals surface area contributed by atoms with Crippen LogP contribution >= 0.6 is 0 Å². The predicted octanol–water partition coefficient (Wildman–Crippen LogP) is 9.32. The van der Waals surface area contributed by atoms with E-state index in [-0.39, 0.29) is 40.3 Å². The van der Waals surface area contributed by atoms with Crippen molar-refractivity contribution in [3.8, 4) is 22.3 Å². The van der Waals surface area contributed by atoms with Crippen LogP contribution in [-0.4, -0.2) is 78.2 Å². The van der Waals surface area contributed by atoms with Crippen molar-refractivity contribution in [2.75, 3.05) is 32.0 Å². The molecule has 8 aromatic rings. The number of aromatic nitrogens is 4. The molecule has 1 amide bonds. The van der Waals surface area contributed by atoms with Crippen molar-refractivity contribution in [1.82, 2.24) is 19.9 Å². The minimum Gasteiger partial charge on any atom is -0.398 e. The van der Waals surface area contributed by atoms with E-state index < -0.39 is 77.4 Å². The molecule has 4 aromatic heterocycles. The van der Waals surface area contributed by atoms with Gasteiger partial charge in [0.2, 0.25) is 37.5 Å². The molecule has 0 atom stereocenters. The lowest BCUT2D eigenvalue weighted by Gasteiger charge is -2.11. The number of aromatic amines is 2. The van der Waals surface area contributed by atoms with E-state index in [1.807, 2.05) is 0 Å². The summed E-state index contributed by atoms with van der Waals surface area (Å²) in [7, 11) is -7.74. The first-order chi connectivity index (χ1) is 34.7. The van der Waals surface area contributed by atoms with Gasteiger partial charge in [0, 0.05) is 99.7 Å². The van der Waals surface area contributed by atoms with Crippen LogP contribution in [0.3, 0.4) is 0 Å². The summed E-state index contributed by atoms with van der Waals surface area (Å²) in [5, 5.41) is 18.4. The van der Waals surface area contributed by atoms with Crippen molar-refractivity contribution in [3.05, 3.63) is 154 Å². The minimum atomic E-state index is -3.88. The molecule has 0 saturated heterocycles. The lowest BCUT2D eigenvalue weighted by atomic mass is 9.99. The van der Waals surface area contributed by atoms with Crippen LogP contribution in [0.1, 0.15) is 76.6 Å². The molecular formula is C50H44F4N10O7S2. The van der Waals surface area contributed by atoms with Gasteiger partial charge in [-0.3, -0.25) is 23.8 Å². The largest absolute Gasteiger partial charge is 0.398 e. The van der Waals surface area contributed by atoms with Crippen molar-refractivity contribution in [3.63, 3.8) is 0 Å². The molecule has 4 aromatic carbocycles.